The maximum Gasteiger partial charge on any atom is 0.264 e. The normalized spacial score (nSPS) is 11.9. The Kier molecular flexibility index (Phi) is 14.9. The lowest BCUT2D eigenvalue weighted by atomic mass is 10.1. The molecule has 0 aromatic rings. The summed E-state index contributed by atoms with van der Waals surface area (Å²) < 4.78 is 30.2. The Morgan fingerprint density at radius 1 is 0.714 bits per heavy atom. The van der Waals surface area contributed by atoms with Gasteiger partial charge in [0.15, 0.2) is 0 Å². The lowest BCUT2D eigenvalue weighted by Crippen LogP contribution is -2.47. The fourth-order valence-corrected chi connectivity index (χ4v) is 2.98. The minimum Gasteiger partial charge on any atom is -0.325 e. The molecule has 0 aromatic carbocycles. The predicted octanol–water partition coefficient (Wildman–Crippen LogP) is 4.12. The first-order valence-corrected chi connectivity index (χ1v) is 10.2. The Morgan fingerprint density at radius 2 is 1.10 bits per heavy atom. The second-order valence-corrected chi connectivity index (χ2v) is 7.23. The van der Waals surface area contributed by atoms with Crippen LogP contribution >= 0.6 is 0 Å². The van der Waals surface area contributed by atoms with E-state index in [0.29, 0.717) is 6.42 Å². The van der Waals surface area contributed by atoms with Crippen molar-refractivity contribution in [1.29, 1.82) is 0 Å². The van der Waals surface area contributed by atoms with E-state index in [1.54, 1.807) is 0 Å². The number of quaternary nitrogens is 1. The second kappa shape index (κ2) is 13.5. The zero-order valence-corrected chi connectivity index (χ0v) is 15.7. The lowest BCUT2D eigenvalue weighted by Gasteiger charge is -2.34. The summed E-state index contributed by atoms with van der Waals surface area (Å²) in [4.78, 5) is 0. The zero-order valence-electron chi connectivity index (χ0n) is 14.9. The maximum atomic E-state index is 10.3. The molecule has 4 nitrogen and oxygen atoms in total. The van der Waals surface area contributed by atoms with Gasteiger partial charge in [-0.05, 0) is 34.1 Å². The fraction of sp³-hybridized carbons (Fsp3) is 1.00. The summed E-state index contributed by atoms with van der Waals surface area (Å²) in [5.41, 5.74) is 0. The highest BCUT2D eigenvalue weighted by Gasteiger charge is 2.16. The van der Waals surface area contributed by atoms with E-state index < -0.39 is 10.1 Å². The summed E-state index contributed by atoms with van der Waals surface area (Å²) in [5, 5.41) is 0. The molecule has 0 fully saturated rings. The molecule has 0 aromatic heterocycles. The molecule has 130 valence electrons. The first-order valence-electron chi connectivity index (χ1n) is 8.61. The fourth-order valence-electron chi connectivity index (χ4n) is 2.41. The van der Waals surface area contributed by atoms with Gasteiger partial charge in [-0.25, -0.2) is 0 Å². The van der Waals surface area contributed by atoms with Gasteiger partial charge in [0.1, 0.15) is 0 Å². The number of rotatable bonds is 11. The second-order valence-electron chi connectivity index (χ2n) is 5.66. The third-order valence-electron chi connectivity index (χ3n) is 4.44. The molecule has 0 radical (unpaired) electrons. The highest BCUT2D eigenvalue weighted by atomic mass is 32.2. The van der Waals surface area contributed by atoms with E-state index in [1.165, 1.54) is 49.9 Å². The van der Waals surface area contributed by atoms with Gasteiger partial charge in [0.05, 0.1) is 31.9 Å². The van der Waals surface area contributed by atoms with Crippen molar-refractivity contribution in [2.24, 2.45) is 0 Å². The highest BCUT2D eigenvalue weighted by molar-refractivity contribution is 7.85. The van der Waals surface area contributed by atoms with Crippen molar-refractivity contribution in [2.75, 3.05) is 31.9 Å². The Labute approximate surface area is 133 Å². The third kappa shape index (κ3) is 14.6. The van der Waals surface area contributed by atoms with Gasteiger partial charge in [0.25, 0.3) is 10.1 Å². The minimum absolute atomic E-state index is 0.0842. The van der Waals surface area contributed by atoms with Gasteiger partial charge in [0, 0.05) is 0 Å². The monoisotopic (exact) mass is 324 g/mol. The van der Waals surface area contributed by atoms with Crippen molar-refractivity contribution in [3.05, 3.63) is 0 Å². The zero-order chi connectivity index (χ0) is 16.8. The molecular formula is C16H38NO3S+. The Bertz CT molecular complexity index is 294. The van der Waals surface area contributed by atoms with Crippen LogP contribution in [0.1, 0.15) is 73.1 Å². The van der Waals surface area contributed by atoms with Crippen LogP contribution in [0.5, 0.6) is 0 Å². The lowest BCUT2D eigenvalue weighted by molar-refractivity contribution is -0.921. The summed E-state index contributed by atoms with van der Waals surface area (Å²) in [6.45, 7) is 16.4. The predicted molar refractivity (Wildman–Crippen MR) is 92.2 cm³/mol. The van der Waals surface area contributed by atoms with Crippen LogP contribution < -0.4 is 0 Å². The molecule has 0 amide bonds. The minimum atomic E-state index is -3.72. The summed E-state index contributed by atoms with van der Waals surface area (Å²) in [7, 11) is -3.72. The van der Waals surface area contributed by atoms with Crippen molar-refractivity contribution in [3.8, 4) is 0 Å². The van der Waals surface area contributed by atoms with Crippen LogP contribution in [0, 0.1) is 0 Å². The molecule has 5 heteroatoms. The van der Waals surface area contributed by atoms with Crippen LogP contribution in [0.15, 0.2) is 0 Å². The van der Waals surface area contributed by atoms with Crippen LogP contribution in [-0.2, 0) is 10.1 Å². The van der Waals surface area contributed by atoms with Crippen LogP contribution in [-0.4, -0.2) is 49.4 Å². The van der Waals surface area contributed by atoms with Crippen molar-refractivity contribution >= 4 is 10.1 Å². The van der Waals surface area contributed by atoms with Crippen LogP contribution in [0.4, 0.5) is 0 Å². The third-order valence-corrected chi connectivity index (χ3v) is 5.24. The van der Waals surface area contributed by atoms with E-state index in [2.05, 4.69) is 34.6 Å². The van der Waals surface area contributed by atoms with E-state index in [4.69, 9.17) is 4.55 Å². The van der Waals surface area contributed by atoms with Crippen LogP contribution in [0.25, 0.3) is 0 Å². The number of hydrogen-bond acceptors (Lipinski definition) is 2. The van der Waals surface area contributed by atoms with E-state index in [0.717, 1.165) is 12.8 Å². The Morgan fingerprint density at radius 3 is 1.38 bits per heavy atom. The molecule has 1 N–H and O–H groups in total. The summed E-state index contributed by atoms with van der Waals surface area (Å²) in [5.74, 6) is -0.0842. The number of nitrogens with zero attached hydrogens (tertiary/aromatic N) is 1. The molecule has 0 aliphatic rings. The van der Waals surface area contributed by atoms with E-state index >= 15 is 0 Å². The van der Waals surface area contributed by atoms with Crippen molar-refractivity contribution < 1.29 is 17.5 Å². The summed E-state index contributed by atoms with van der Waals surface area (Å²) >= 11 is 0. The van der Waals surface area contributed by atoms with Gasteiger partial charge in [-0.1, -0.05) is 39.0 Å². The van der Waals surface area contributed by atoms with E-state index in [-0.39, 0.29) is 5.75 Å². The molecule has 0 atom stereocenters. The molecule has 0 rings (SSSR count). The first-order chi connectivity index (χ1) is 9.80. The average Bonchev–Trinajstić information content (AvgIpc) is 2.45. The molecule has 0 saturated heterocycles. The van der Waals surface area contributed by atoms with E-state index in [1.807, 2.05) is 0 Å². The van der Waals surface area contributed by atoms with Gasteiger partial charge < -0.3 is 4.48 Å². The molecule has 0 saturated carbocycles. The maximum absolute atomic E-state index is 10.3. The topological polar surface area (TPSA) is 54.4 Å². The van der Waals surface area contributed by atoms with Gasteiger partial charge in [-0.3, -0.25) is 4.55 Å². The molecule has 0 aliphatic carbocycles. The molecule has 0 bridgehead atoms. The highest BCUT2D eigenvalue weighted by Crippen LogP contribution is 2.05. The van der Waals surface area contributed by atoms with Crippen LogP contribution in [0.2, 0.25) is 0 Å². The quantitative estimate of drug-likeness (QED) is 0.353. The van der Waals surface area contributed by atoms with E-state index in [9.17, 15) is 8.42 Å². The van der Waals surface area contributed by atoms with Gasteiger partial charge in [-0.2, -0.15) is 8.42 Å². The summed E-state index contributed by atoms with van der Waals surface area (Å²) in [6.07, 6.45) is 6.14. The SMILES string of the molecule is CCCCCCCCS(=O)(=O)O.CC[N+](CC)(CC)CC. The number of unbranched alkanes of at least 4 members (excludes halogenated alkanes) is 5. The van der Waals surface area contributed by atoms with Gasteiger partial charge in [-0.15, -0.1) is 0 Å². The Hall–Kier alpha value is -0.130. The van der Waals surface area contributed by atoms with Crippen molar-refractivity contribution in [2.45, 2.75) is 73.1 Å². The van der Waals surface area contributed by atoms with Crippen molar-refractivity contribution in [3.63, 3.8) is 0 Å². The molecule has 0 heterocycles. The molecule has 21 heavy (non-hydrogen) atoms. The first kappa shape index (κ1) is 23.1. The van der Waals surface area contributed by atoms with Crippen molar-refractivity contribution in [1.82, 2.24) is 0 Å². The molecule has 0 spiro atoms. The van der Waals surface area contributed by atoms with Crippen LogP contribution in [0.3, 0.4) is 0 Å². The Balaban J connectivity index is 0. The molecule has 0 unspecified atom stereocenters. The number of hydrogen-bond donors (Lipinski definition) is 1. The largest absolute Gasteiger partial charge is 0.325 e. The average molecular weight is 325 g/mol. The summed E-state index contributed by atoms with van der Waals surface area (Å²) in [6, 6.07) is 0. The molecule has 0 aliphatic heterocycles. The van der Waals surface area contributed by atoms with Gasteiger partial charge in [0.2, 0.25) is 0 Å². The smallest absolute Gasteiger partial charge is 0.264 e. The standard InChI is InChI=1S/C8H20N.C8H18O3S/c1-5-9(6-2,7-3)8-4;1-2-3-4-5-6-7-8-12(9,10)11/h5-8H2,1-4H3;2-8H2,1H3,(H,9,10,11)/q+1;. The molecular weight excluding hydrogens is 286 g/mol. The van der Waals surface area contributed by atoms with Gasteiger partial charge >= 0.3 is 0 Å².